The summed E-state index contributed by atoms with van der Waals surface area (Å²) in [7, 11) is 0. The van der Waals surface area contributed by atoms with E-state index in [-0.39, 0.29) is 24.8 Å². The molecule has 0 aliphatic carbocycles. The number of unbranched alkanes of at least 4 members (excludes halogenated alkanes) is 2. The number of nitrogens with one attached hydrogen (secondary N) is 1. The summed E-state index contributed by atoms with van der Waals surface area (Å²) in [5.74, 6) is 0.889. The Morgan fingerprint density at radius 2 is 1.48 bits per heavy atom. The molecule has 6 heteroatoms. The van der Waals surface area contributed by atoms with Crippen LogP contribution in [0.15, 0.2) is 53.0 Å². The fourth-order valence-electron chi connectivity index (χ4n) is 3.27. The molecule has 0 bridgehead atoms. The normalized spacial score (nSPS) is 10.5. The third kappa shape index (κ3) is 12.7. The summed E-state index contributed by atoms with van der Waals surface area (Å²) < 4.78 is 6.95. The first-order chi connectivity index (χ1) is 14.2. The minimum Gasteiger partial charge on any atom is -0.488 e. The van der Waals surface area contributed by atoms with Crippen molar-refractivity contribution in [3.05, 3.63) is 64.1 Å². The zero-order chi connectivity index (χ0) is 20.7. The number of halogens is 3. The van der Waals surface area contributed by atoms with E-state index in [9.17, 15) is 0 Å². The van der Waals surface area contributed by atoms with Gasteiger partial charge in [0.1, 0.15) is 12.4 Å². The maximum absolute atomic E-state index is 5.94. The first-order valence-corrected chi connectivity index (χ1v) is 11.9. The van der Waals surface area contributed by atoms with Crippen molar-refractivity contribution in [1.82, 2.24) is 10.2 Å². The van der Waals surface area contributed by atoms with Gasteiger partial charge in [0.25, 0.3) is 0 Å². The van der Waals surface area contributed by atoms with Crippen molar-refractivity contribution in [2.45, 2.75) is 59.1 Å². The quantitative estimate of drug-likeness (QED) is 0.244. The number of hydrogen-bond donors (Lipinski definition) is 1. The molecule has 0 fully saturated rings. The van der Waals surface area contributed by atoms with E-state index < -0.39 is 0 Å². The van der Waals surface area contributed by atoms with Gasteiger partial charge < -0.3 is 15.0 Å². The molecule has 2 aromatic rings. The highest BCUT2D eigenvalue weighted by Gasteiger charge is 2.05. The molecule has 0 amide bonds. The summed E-state index contributed by atoms with van der Waals surface area (Å²) in [5, 5.41) is 3.59. The Labute approximate surface area is 210 Å². The van der Waals surface area contributed by atoms with Gasteiger partial charge in [-0.1, -0.05) is 63.1 Å². The molecule has 176 valence electrons. The van der Waals surface area contributed by atoms with Crippen LogP contribution in [0.25, 0.3) is 0 Å². The highest BCUT2D eigenvalue weighted by Crippen LogP contribution is 2.26. The van der Waals surface area contributed by atoms with Gasteiger partial charge in [-0.2, -0.15) is 0 Å². The average molecular weight is 534 g/mol. The topological polar surface area (TPSA) is 24.5 Å². The van der Waals surface area contributed by atoms with E-state index in [2.05, 4.69) is 70.3 Å². The lowest BCUT2D eigenvalue weighted by Gasteiger charge is -2.22. The van der Waals surface area contributed by atoms with Crippen LogP contribution in [0.3, 0.4) is 0 Å². The van der Waals surface area contributed by atoms with E-state index in [0.29, 0.717) is 6.61 Å². The van der Waals surface area contributed by atoms with Crippen LogP contribution in [0.5, 0.6) is 5.75 Å². The van der Waals surface area contributed by atoms with Crippen LogP contribution in [0.2, 0.25) is 0 Å². The molecule has 3 nitrogen and oxygen atoms in total. The zero-order valence-corrected chi connectivity index (χ0v) is 22.2. The van der Waals surface area contributed by atoms with Crippen molar-refractivity contribution < 1.29 is 4.74 Å². The van der Waals surface area contributed by atoms with Crippen molar-refractivity contribution in [3.8, 4) is 5.75 Å². The molecule has 0 aliphatic rings. The van der Waals surface area contributed by atoms with E-state index >= 15 is 0 Å². The zero-order valence-electron chi connectivity index (χ0n) is 18.9. The minimum absolute atomic E-state index is 0. The minimum atomic E-state index is 0. The van der Waals surface area contributed by atoms with Crippen LogP contribution in [0, 0.1) is 0 Å². The Hall–Kier alpha value is -0.780. The van der Waals surface area contributed by atoms with Crippen molar-refractivity contribution >= 4 is 40.7 Å². The predicted octanol–water partition coefficient (Wildman–Crippen LogP) is 7.25. The van der Waals surface area contributed by atoms with Crippen LogP contribution in [0.1, 0.15) is 57.1 Å². The number of rotatable bonds is 15. The summed E-state index contributed by atoms with van der Waals surface area (Å²) in [4.78, 5) is 2.63. The lowest BCUT2D eigenvalue weighted by molar-refractivity contribution is 0.261. The Morgan fingerprint density at radius 1 is 0.839 bits per heavy atom. The smallest absolute Gasteiger partial charge is 0.134 e. The van der Waals surface area contributed by atoms with Gasteiger partial charge in [-0.05, 0) is 84.6 Å². The number of hydrogen-bond acceptors (Lipinski definition) is 3. The number of nitrogens with zero attached hydrogens (tertiary/aromatic N) is 1. The van der Waals surface area contributed by atoms with Gasteiger partial charge in [-0.25, -0.2) is 0 Å². The van der Waals surface area contributed by atoms with Gasteiger partial charge >= 0.3 is 0 Å². The van der Waals surface area contributed by atoms with Crippen molar-refractivity contribution in [2.75, 3.05) is 26.2 Å². The van der Waals surface area contributed by atoms with E-state index in [1.807, 2.05) is 18.2 Å². The molecule has 0 atom stereocenters. The van der Waals surface area contributed by atoms with Gasteiger partial charge in [-0.3, -0.25) is 0 Å². The fourth-order valence-corrected chi connectivity index (χ4v) is 3.81. The Morgan fingerprint density at radius 3 is 2.10 bits per heavy atom. The number of benzene rings is 2. The van der Waals surface area contributed by atoms with E-state index in [1.54, 1.807) is 0 Å². The maximum atomic E-state index is 5.94. The molecule has 31 heavy (non-hydrogen) atoms. The molecule has 0 saturated heterocycles. The molecule has 0 aliphatic heterocycles. The van der Waals surface area contributed by atoms with Gasteiger partial charge in [0, 0.05) is 6.54 Å². The molecule has 0 unspecified atom stereocenters. The first-order valence-electron chi connectivity index (χ1n) is 11.1. The molecule has 2 rings (SSSR count). The van der Waals surface area contributed by atoms with Crippen LogP contribution < -0.4 is 10.1 Å². The molecule has 0 spiro atoms. The molecule has 0 heterocycles. The summed E-state index contributed by atoms with van der Waals surface area (Å²) in [6.45, 7) is 10.8. The highest BCUT2D eigenvalue weighted by molar-refractivity contribution is 9.10. The summed E-state index contributed by atoms with van der Waals surface area (Å²) in [6, 6.07) is 16.6. The molecule has 2 aromatic carbocycles. The van der Waals surface area contributed by atoms with E-state index in [4.69, 9.17) is 4.74 Å². The number of ether oxygens (including phenoxy) is 1. The molecular formula is C25H39BrCl2N2O. The molecule has 1 N–H and O–H groups in total. The monoisotopic (exact) mass is 532 g/mol. The van der Waals surface area contributed by atoms with E-state index in [0.717, 1.165) is 23.3 Å². The lowest BCUT2D eigenvalue weighted by Crippen LogP contribution is -2.29. The fraction of sp³-hybridized carbons (Fsp3) is 0.520. The first kappa shape index (κ1) is 30.2. The summed E-state index contributed by atoms with van der Waals surface area (Å²) in [6.07, 6.45) is 6.38. The van der Waals surface area contributed by atoms with Crippen molar-refractivity contribution in [2.24, 2.45) is 0 Å². The van der Waals surface area contributed by atoms with Crippen molar-refractivity contribution in [1.29, 1.82) is 0 Å². The second kappa shape index (κ2) is 18.8. The third-order valence-corrected chi connectivity index (χ3v) is 5.67. The van der Waals surface area contributed by atoms with E-state index in [1.165, 1.54) is 62.9 Å². The van der Waals surface area contributed by atoms with Gasteiger partial charge in [0.05, 0.1) is 4.47 Å². The summed E-state index contributed by atoms with van der Waals surface area (Å²) in [5.41, 5.74) is 2.45. The second-order valence-corrected chi connectivity index (χ2v) is 8.47. The standard InChI is InChI=1S/C25H37BrN2O.2ClH/c1-3-5-16-28(17-6-4-2)18-10-15-27-20-23-13-14-25(24(26)19-23)29-21-22-11-8-7-9-12-22;;/h7-9,11-14,19,27H,3-6,10,15-18,20-21H2,1-2H3;2*1H. The predicted molar refractivity (Wildman–Crippen MR) is 142 cm³/mol. The van der Waals surface area contributed by atoms with Crippen LogP contribution in [-0.2, 0) is 13.2 Å². The summed E-state index contributed by atoms with van der Waals surface area (Å²) >= 11 is 3.65. The molecule has 0 radical (unpaired) electrons. The van der Waals surface area contributed by atoms with Crippen molar-refractivity contribution in [3.63, 3.8) is 0 Å². The van der Waals surface area contributed by atoms with Gasteiger partial charge in [0.15, 0.2) is 0 Å². The molecular weight excluding hydrogens is 495 g/mol. The second-order valence-electron chi connectivity index (χ2n) is 7.62. The Balaban J connectivity index is 0.00000450. The molecule has 0 saturated carbocycles. The average Bonchev–Trinajstić information content (AvgIpc) is 2.75. The van der Waals surface area contributed by atoms with Gasteiger partial charge in [0.2, 0.25) is 0 Å². The van der Waals surface area contributed by atoms with Crippen LogP contribution in [0.4, 0.5) is 0 Å². The third-order valence-electron chi connectivity index (χ3n) is 5.05. The lowest BCUT2D eigenvalue weighted by atomic mass is 10.2. The van der Waals surface area contributed by atoms with Crippen LogP contribution in [-0.4, -0.2) is 31.1 Å². The maximum Gasteiger partial charge on any atom is 0.134 e. The Bertz CT molecular complexity index is 680. The van der Waals surface area contributed by atoms with Gasteiger partial charge in [-0.15, -0.1) is 24.8 Å². The largest absolute Gasteiger partial charge is 0.488 e. The Kier molecular flexibility index (Phi) is 18.3. The van der Waals surface area contributed by atoms with Crippen LogP contribution >= 0.6 is 40.7 Å². The highest BCUT2D eigenvalue weighted by atomic mass is 79.9. The SMILES string of the molecule is CCCCN(CCCC)CCCNCc1ccc(OCc2ccccc2)c(Br)c1.Cl.Cl. The molecule has 0 aromatic heterocycles.